The van der Waals surface area contributed by atoms with E-state index in [1.54, 1.807) is 0 Å². The molecule has 0 heteroatoms. The van der Waals surface area contributed by atoms with Crippen LogP contribution in [0.1, 0.15) is 79.4 Å². The molecule has 0 amide bonds. The average Bonchev–Trinajstić information content (AvgIpc) is 2.41. The molecule has 0 spiro atoms. The van der Waals surface area contributed by atoms with Crippen molar-refractivity contribution in [2.45, 2.75) is 79.1 Å². The van der Waals surface area contributed by atoms with Crippen molar-refractivity contribution in [1.29, 1.82) is 0 Å². The van der Waals surface area contributed by atoms with Gasteiger partial charge in [0.05, 0.1) is 0 Å². The van der Waals surface area contributed by atoms with Crippen LogP contribution in [0, 0.1) is 0 Å². The minimum Gasteiger partial charge on any atom is -0.0683 e. The normalized spacial score (nSPS) is 11.8. The van der Waals surface area contributed by atoms with Crippen LogP contribution in [0.5, 0.6) is 0 Å². The molecule has 0 N–H and O–H groups in total. The molecule has 1 aromatic rings. The van der Waals surface area contributed by atoms with Crippen LogP contribution in [-0.2, 0) is 10.8 Å². The Labute approximate surface area is 115 Å². The maximum Gasteiger partial charge on any atom is -0.0106 e. The molecule has 0 aromatic heterocycles. The Kier molecular flexibility index (Phi) is 6.67. The lowest BCUT2D eigenvalue weighted by Gasteiger charge is -2.27. The van der Waals surface area contributed by atoms with Gasteiger partial charge in [0, 0.05) is 0 Å². The molecule has 0 heterocycles. The van der Waals surface area contributed by atoms with Gasteiger partial charge in [-0.05, 0) is 34.8 Å². The number of hydrogen-bond donors (Lipinski definition) is 0. The molecule has 0 bridgehead atoms. The predicted molar refractivity (Wildman–Crippen MR) is 84.4 cm³/mol. The Morgan fingerprint density at radius 3 is 1.06 bits per heavy atom. The van der Waals surface area contributed by atoms with Crippen molar-refractivity contribution in [3.63, 3.8) is 0 Å². The molecule has 0 saturated heterocycles. The Balaban J connectivity index is 0.00000137. The van der Waals surface area contributed by atoms with Crippen molar-refractivity contribution >= 4 is 0 Å². The van der Waals surface area contributed by atoms with E-state index in [9.17, 15) is 0 Å². The summed E-state index contributed by atoms with van der Waals surface area (Å²) in [6, 6.07) is 9.21. The van der Waals surface area contributed by atoms with Crippen LogP contribution in [-0.4, -0.2) is 0 Å². The van der Waals surface area contributed by atoms with Gasteiger partial charge in [0.1, 0.15) is 0 Å². The van der Waals surface area contributed by atoms with E-state index in [0.29, 0.717) is 10.8 Å². The molecule has 0 fully saturated rings. The third kappa shape index (κ3) is 4.15. The molecule has 0 saturated carbocycles. The van der Waals surface area contributed by atoms with Gasteiger partial charge in [-0.15, -0.1) is 0 Å². The molecule has 0 aliphatic carbocycles. The summed E-state index contributed by atoms with van der Waals surface area (Å²) in [4.78, 5) is 0. The van der Waals surface area contributed by atoms with Crippen LogP contribution >= 0.6 is 0 Å². The Bertz CT molecular complexity index is 293. The van der Waals surface area contributed by atoms with E-state index in [1.165, 1.54) is 24.0 Å². The number of rotatable bonds is 4. The summed E-state index contributed by atoms with van der Waals surface area (Å²) in [5, 5.41) is 0. The van der Waals surface area contributed by atoms with Gasteiger partial charge in [-0.1, -0.05) is 79.7 Å². The Hall–Kier alpha value is -0.780. The standard InChI is InChI=1S/C16H26.C2H6/c1-7-15(3,4)13-9-11-14(12-10-13)16(5,6)8-2;1-2/h9-12H,7-8H2,1-6H3;1-2H3. The molecule has 1 rings (SSSR count). The van der Waals surface area contributed by atoms with Crippen molar-refractivity contribution in [3.8, 4) is 0 Å². The first-order valence-electron chi connectivity index (χ1n) is 7.44. The van der Waals surface area contributed by atoms with E-state index in [2.05, 4.69) is 65.8 Å². The number of benzene rings is 1. The molecule has 0 unspecified atom stereocenters. The highest BCUT2D eigenvalue weighted by atomic mass is 14.3. The zero-order valence-electron chi connectivity index (χ0n) is 13.7. The first-order valence-corrected chi connectivity index (χ1v) is 7.44. The summed E-state index contributed by atoms with van der Waals surface area (Å²) in [5.74, 6) is 0. The van der Waals surface area contributed by atoms with Crippen LogP contribution in [0.3, 0.4) is 0 Å². The third-order valence-corrected chi connectivity index (χ3v) is 4.22. The molecule has 18 heavy (non-hydrogen) atoms. The minimum absolute atomic E-state index is 0.300. The van der Waals surface area contributed by atoms with Crippen LogP contribution in [0.25, 0.3) is 0 Å². The highest BCUT2D eigenvalue weighted by Gasteiger charge is 2.21. The van der Waals surface area contributed by atoms with E-state index >= 15 is 0 Å². The van der Waals surface area contributed by atoms with Gasteiger partial charge in [0.15, 0.2) is 0 Å². The minimum atomic E-state index is 0.300. The average molecular weight is 248 g/mol. The van der Waals surface area contributed by atoms with E-state index in [4.69, 9.17) is 0 Å². The van der Waals surface area contributed by atoms with Gasteiger partial charge in [-0.3, -0.25) is 0 Å². The quantitative estimate of drug-likeness (QED) is 0.605. The molecular formula is C18H32. The smallest absolute Gasteiger partial charge is 0.0106 e. The lowest BCUT2D eigenvalue weighted by molar-refractivity contribution is 0.496. The lowest BCUT2D eigenvalue weighted by Crippen LogP contribution is -2.18. The van der Waals surface area contributed by atoms with Crippen molar-refractivity contribution in [3.05, 3.63) is 35.4 Å². The second kappa shape index (κ2) is 6.97. The predicted octanol–water partition coefficient (Wildman–Crippen LogP) is 6.09. The molecule has 1 aromatic carbocycles. The fourth-order valence-electron chi connectivity index (χ4n) is 1.78. The van der Waals surface area contributed by atoms with Crippen molar-refractivity contribution in [2.24, 2.45) is 0 Å². The Morgan fingerprint density at radius 2 is 0.889 bits per heavy atom. The fraction of sp³-hybridized carbons (Fsp3) is 0.667. The monoisotopic (exact) mass is 248 g/mol. The van der Waals surface area contributed by atoms with Crippen molar-refractivity contribution < 1.29 is 0 Å². The summed E-state index contributed by atoms with van der Waals surface area (Å²) in [6.07, 6.45) is 2.37. The molecule has 104 valence electrons. The second-order valence-electron chi connectivity index (χ2n) is 6.05. The summed E-state index contributed by atoms with van der Waals surface area (Å²) < 4.78 is 0. The highest BCUT2D eigenvalue weighted by molar-refractivity contribution is 5.31. The number of hydrogen-bond acceptors (Lipinski definition) is 0. The van der Waals surface area contributed by atoms with Gasteiger partial charge in [-0.25, -0.2) is 0 Å². The largest absolute Gasteiger partial charge is 0.0683 e. The summed E-state index contributed by atoms with van der Waals surface area (Å²) in [6.45, 7) is 17.8. The van der Waals surface area contributed by atoms with Gasteiger partial charge < -0.3 is 0 Å². The summed E-state index contributed by atoms with van der Waals surface area (Å²) in [5.41, 5.74) is 3.50. The molecule has 0 aliphatic heterocycles. The molecular weight excluding hydrogens is 216 g/mol. The van der Waals surface area contributed by atoms with Gasteiger partial charge in [0.2, 0.25) is 0 Å². The van der Waals surface area contributed by atoms with Crippen LogP contribution in [0.15, 0.2) is 24.3 Å². The summed E-state index contributed by atoms with van der Waals surface area (Å²) in [7, 11) is 0. The molecule has 0 radical (unpaired) electrons. The Morgan fingerprint density at radius 1 is 0.667 bits per heavy atom. The second-order valence-corrected chi connectivity index (χ2v) is 6.05. The van der Waals surface area contributed by atoms with Gasteiger partial charge >= 0.3 is 0 Å². The van der Waals surface area contributed by atoms with Gasteiger partial charge in [0.25, 0.3) is 0 Å². The summed E-state index contributed by atoms with van der Waals surface area (Å²) >= 11 is 0. The van der Waals surface area contributed by atoms with E-state index in [-0.39, 0.29) is 0 Å². The third-order valence-electron chi connectivity index (χ3n) is 4.22. The van der Waals surface area contributed by atoms with Crippen LogP contribution in [0.2, 0.25) is 0 Å². The topological polar surface area (TPSA) is 0 Å². The highest BCUT2D eigenvalue weighted by Crippen LogP contribution is 2.31. The van der Waals surface area contributed by atoms with Crippen molar-refractivity contribution in [1.82, 2.24) is 0 Å². The van der Waals surface area contributed by atoms with E-state index < -0.39 is 0 Å². The molecule has 0 nitrogen and oxygen atoms in total. The molecule has 0 atom stereocenters. The lowest BCUT2D eigenvalue weighted by atomic mass is 9.78. The maximum atomic E-state index is 2.31. The van der Waals surface area contributed by atoms with Crippen LogP contribution in [0.4, 0.5) is 0 Å². The van der Waals surface area contributed by atoms with Gasteiger partial charge in [-0.2, -0.15) is 0 Å². The van der Waals surface area contributed by atoms with Crippen molar-refractivity contribution in [2.75, 3.05) is 0 Å². The van der Waals surface area contributed by atoms with E-state index in [0.717, 1.165) is 0 Å². The zero-order valence-corrected chi connectivity index (χ0v) is 13.7. The first-order chi connectivity index (χ1) is 8.33. The van der Waals surface area contributed by atoms with Crippen LogP contribution < -0.4 is 0 Å². The van der Waals surface area contributed by atoms with E-state index in [1.807, 2.05) is 13.8 Å². The fourth-order valence-corrected chi connectivity index (χ4v) is 1.78. The molecule has 0 aliphatic rings. The SMILES string of the molecule is CC.CCC(C)(C)c1ccc(C(C)(C)CC)cc1. The first kappa shape index (κ1) is 17.2. The maximum absolute atomic E-state index is 2.31. The zero-order chi connectivity index (χ0) is 14.4.